The highest BCUT2D eigenvalue weighted by molar-refractivity contribution is 7.91. The standard InChI is InChI=1S/C13H23ClN4O2S/c1-3-10-13(14)12(18(4-2)17-10)7-11(16-15)9-5-6-21(19,20)8-9/h9,11,16H,3-8,15H2,1-2H3. The number of nitrogens with one attached hydrogen (secondary N) is 1. The first-order chi connectivity index (χ1) is 9.91. The topological polar surface area (TPSA) is 90.0 Å². The van der Waals surface area contributed by atoms with E-state index in [1.165, 1.54) is 0 Å². The Morgan fingerprint density at radius 3 is 2.71 bits per heavy atom. The molecule has 2 rings (SSSR count). The minimum absolute atomic E-state index is 0.0290. The summed E-state index contributed by atoms with van der Waals surface area (Å²) in [6.07, 6.45) is 2.02. The Kier molecular flexibility index (Phi) is 5.29. The fourth-order valence-corrected chi connectivity index (χ4v) is 5.15. The summed E-state index contributed by atoms with van der Waals surface area (Å²) in [6, 6.07) is -0.105. The van der Waals surface area contributed by atoms with Gasteiger partial charge in [-0.2, -0.15) is 5.10 Å². The van der Waals surface area contributed by atoms with Crippen molar-refractivity contribution < 1.29 is 8.42 Å². The van der Waals surface area contributed by atoms with Crippen molar-refractivity contribution in [3.05, 3.63) is 16.4 Å². The summed E-state index contributed by atoms with van der Waals surface area (Å²) in [5.74, 6) is 6.12. The molecule has 1 aromatic rings. The quantitative estimate of drug-likeness (QED) is 0.596. The van der Waals surface area contributed by atoms with E-state index >= 15 is 0 Å². The third-order valence-corrected chi connectivity index (χ3v) is 6.39. The number of aryl methyl sites for hydroxylation is 2. The molecule has 2 atom stereocenters. The average molecular weight is 335 g/mol. The van der Waals surface area contributed by atoms with Crippen LogP contribution >= 0.6 is 11.6 Å². The predicted molar refractivity (Wildman–Crippen MR) is 83.9 cm³/mol. The zero-order valence-electron chi connectivity index (χ0n) is 12.5. The van der Waals surface area contributed by atoms with Crippen molar-refractivity contribution in [1.29, 1.82) is 0 Å². The minimum atomic E-state index is -2.92. The lowest BCUT2D eigenvalue weighted by Crippen LogP contribution is -2.43. The Labute approximate surface area is 130 Å². The summed E-state index contributed by atoms with van der Waals surface area (Å²) in [4.78, 5) is 0. The van der Waals surface area contributed by atoms with E-state index < -0.39 is 9.84 Å². The van der Waals surface area contributed by atoms with E-state index in [1.54, 1.807) is 0 Å². The van der Waals surface area contributed by atoms with E-state index in [-0.39, 0.29) is 23.5 Å². The number of rotatable bonds is 6. The molecule has 0 spiro atoms. The highest BCUT2D eigenvalue weighted by Gasteiger charge is 2.34. The zero-order valence-corrected chi connectivity index (χ0v) is 14.0. The van der Waals surface area contributed by atoms with Gasteiger partial charge in [0, 0.05) is 19.0 Å². The van der Waals surface area contributed by atoms with E-state index in [0.29, 0.717) is 17.9 Å². The summed E-state index contributed by atoms with van der Waals surface area (Å²) >= 11 is 6.40. The molecule has 1 saturated heterocycles. The molecule has 2 unspecified atom stereocenters. The van der Waals surface area contributed by atoms with Gasteiger partial charge in [-0.25, -0.2) is 8.42 Å². The maximum absolute atomic E-state index is 11.6. The van der Waals surface area contributed by atoms with E-state index in [9.17, 15) is 8.42 Å². The highest BCUT2D eigenvalue weighted by atomic mass is 35.5. The smallest absolute Gasteiger partial charge is 0.150 e. The molecule has 3 N–H and O–H groups in total. The number of hydrazine groups is 1. The van der Waals surface area contributed by atoms with Crippen LogP contribution in [0.25, 0.3) is 0 Å². The van der Waals surface area contributed by atoms with Gasteiger partial charge in [0.2, 0.25) is 0 Å². The van der Waals surface area contributed by atoms with E-state index in [4.69, 9.17) is 17.4 Å². The molecule has 0 aromatic carbocycles. The van der Waals surface area contributed by atoms with Crippen LogP contribution in [0.5, 0.6) is 0 Å². The number of hydrogen-bond donors (Lipinski definition) is 2. The van der Waals surface area contributed by atoms with Crippen molar-refractivity contribution in [3.63, 3.8) is 0 Å². The molecule has 2 heterocycles. The zero-order chi connectivity index (χ0) is 15.6. The van der Waals surface area contributed by atoms with E-state index in [0.717, 1.165) is 24.4 Å². The molecule has 0 aliphatic carbocycles. The fourth-order valence-electron chi connectivity index (χ4n) is 2.92. The molecule has 8 heteroatoms. The second-order valence-corrected chi connectivity index (χ2v) is 8.12. The Bertz CT molecular complexity index is 600. The molecule has 1 aliphatic rings. The molecule has 1 aliphatic heterocycles. The molecule has 0 saturated carbocycles. The highest BCUT2D eigenvalue weighted by Crippen LogP contribution is 2.27. The van der Waals surface area contributed by atoms with Crippen molar-refractivity contribution in [1.82, 2.24) is 15.2 Å². The second kappa shape index (κ2) is 6.64. The summed E-state index contributed by atoms with van der Waals surface area (Å²) in [7, 11) is -2.92. The van der Waals surface area contributed by atoms with Crippen LogP contribution in [0.3, 0.4) is 0 Å². The second-order valence-electron chi connectivity index (χ2n) is 5.52. The molecule has 0 amide bonds. The number of halogens is 1. The van der Waals surface area contributed by atoms with Crippen LogP contribution in [0.2, 0.25) is 5.02 Å². The molecular formula is C13H23ClN4O2S. The van der Waals surface area contributed by atoms with Gasteiger partial charge in [-0.15, -0.1) is 0 Å². The number of hydrogen-bond acceptors (Lipinski definition) is 5. The van der Waals surface area contributed by atoms with Crippen LogP contribution in [-0.4, -0.2) is 35.7 Å². The number of aromatic nitrogens is 2. The summed E-state index contributed by atoms with van der Waals surface area (Å²) in [6.45, 7) is 4.76. The molecule has 0 bridgehead atoms. The molecular weight excluding hydrogens is 312 g/mol. The Balaban J connectivity index is 2.21. The van der Waals surface area contributed by atoms with Crippen LogP contribution in [0, 0.1) is 5.92 Å². The van der Waals surface area contributed by atoms with Crippen molar-refractivity contribution in [3.8, 4) is 0 Å². The lowest BCUT2D eigenvalue weighted by atomic mass is 9.95. The van der Waals surface area contributed by atoms with Gasteiger partial charge in [0.1, 0.15) is 0 Å². The van der Waals surface area contributed by atoms with Gasteiger partial charge >= 0.3 is 0 Å². The Hall–Kier alpha value is -0.630. The monoisotopic (exact) mass is 334 g/mol. The number of nitrogens with two attached hydrogens (primary N) is 1. The molecule has 1 aromatic heterocycles. The minimum Gasteiger partial charge on any atom is -0.271 e. The van der Waals surface area contributed by atoms with Crippen molar-refractivity contribution in [2.24, 2.45) is 11.8 Å². The van der Waals surface area contributed by atoms with Crippen molar-refractivity contribution in [2.75, 3.05) is 11.5 Å². The third kappa shape index (κ3) is 3.59. The molecule has 1 fully saturated rings. The normalized spacial score (nSPS) is 22.6. The van der Waals surface area contributed by atoms with Crippen LogP contribution < -0.4 is 11.3 Å². The maximum Gasteiger partial charge on any atom is 0.150 e. The first kappa shape index (κ1) is 16.7. The molecule has 6 nitrogen and oxygen atoms in total. The lowest BCUT2D eigenvalue weighted by molar-refractivity contribution is 0.376. The fraction of sp³-hybridized carbons (Fsp3) is 0.769. The first-order valence-electron chi connectivity index (χ1n) is 7.32. The Morgan fingerprint density at radius 2 is 2.24 bits per heavy atom. The summed E-state index contributed by atoms with van der Waals surface area (Å²) in [5, 5.41) is 5.17. The maximum atomic E-state index is 11.6. The van der Waals surface area contributed by atoms with Crippen LogP contribution in [0.1, 0.15) is 31.7 Å². The van der Waals surface area contributed by atoms with Crippen molar-refractivity contribution in [2.45, 2.75) is 45.7 Å². The summed E-state index contributed by atoms with van der Waals surface area (Å²) < 4.78 is 25.2. The number of sulfone groups is 1. The lowest BCUT2D eigenvalue weighted by Gasteiger charge is -2.22. The van der Waals surface area contributed by atoms with Gasteiger partial charge in [-0.05, 0) is 25.7 Å². The average Bonchev–Trinajstić information content (AvgIpc) is 2.96. The van der Waals surface area contributed by atoms with E-state index in [1.807, 2.05) is 18.5 Å². The molecule has 120 valence electrons. The van der Waals surface area contributed by atoms with Crippen LogP contribution in [0.4, 0.5) is 0 Å². The van der Waals surface area contributed by atoms with Gasteiger partial charge in [-0.1, -0.05) is 18.5 Å². The van der Waals surface area contributed by atoms with Gasteiger partial charge in [0.15, 0.2) is 9.84 Å². The largest absolute Gasteiger partial charge is 0.271 e. The van der Waals surface area contributed by atoms with E-state index in [2.05, 4.69) is 10.5 Å². The van der Waals surface area contributed by atoms with Crippen LogP contribution in [-0.2, 0) is 29.2 Å². The van der Waals surface area contributed by atoms with Gasteiger partial charge in [0.25, 0.3) is 0 Å². The third-order valence-electron chi connectivity index (χ3n) is 4.16. The van der Waals surface area contributed by atoms with Gasteiger partial charge in [-0.3, -0.25) is 16.0 Å². The SMILES string of the molecule is CCc1nn(CC)c(CC(NN)C2CCS(=O)(=O)C2)c1Cl. The Morgan fingerprint density at radius 1 is 1.52 bits per heavy atom. The van der Waals surface area contributed by atoms with Crippen LogP contribution in [0.15, 0.2) is 0 Å². The molecule has 0 radical (unpaired) electrons. The van der Waals surface area contributed by atoms with Gasteiger partial charge < -0.3 is 0 Å². The molecule has 21 heavy (non-hydrogen) atoms. The van der Waals surface area contributed by atoms with Crippen molar-refractivity contribution >= 4 is 21.4 Å². The van der Waals surface area contributed by atoms with Gasteiger partial charge in [0.05, 0.1) is 27.9 Å². The summed E-state index contributed by atoms with van der Waals surface area (Å²) in [5.41, 5.74) is 4.58. The first-order valence-corrected chi connectivity index (χ1v) is 9.52. The number of nitrogens with zero attached hydrogens (tertiary/aromatic N) is 2. The predicted octanol–water partition coefficient (Wildman–Crippen LogP) is 0.928.